The Bertz CT molecular complexity index is 526. The van der Waals surface area contributed by atoms with Crippen LogP contribution in [0.5, 0.6) is 0 Å². The number of aromatic nitrogens is 3. The normalized spacial score (nSPS) is 11.2. The number of hydrogen-bond donors (Lipinski definition) is 1. The molecule has 0 saturated carbocycles. The molecule has 0 saturated heterocycles. The van der Waals surface area contributed by atoms with E-state index < -0.39 is 0 Å². The smallest absolute Gasteiger partial charge is 0.0999 e. The third-order valence-electron chi connectivity index (χ3n) is 3.33. The molecule has 0 aliphatic carbocycles. The summed E-state index contributed by atoms with van der Waals surface area (Å²) in [5.41, 5.74) is 10.1. The molecule has 0 radical (unpaired) electrons. The molecule has 1 aromatic heterocycles. The summed E-state index contributed by atoms with van der Waals surface area (Å²) in [6.07, 6.45) is 2.01. The fraction of sp³-hybridized carbons (Fsp3) is 0.467. The standard InChI is InChI=1S/C15H22N4/c1-4-5-15-14(10-16)17-18-19(15)13-8-6-12(7-9-13)11(2)3/h6-9,11H,4-5,10,16H2,1-3H3. The average molecular weight is 258 g/mol. The largest absolute Gasteiger partial charge is 0.325 e. The number of hydrogen-bond acceptors (Lipinski definition) is 3. The molecule has 0 spiro atoms. The Morgan fingerprint density at radius 3 is 2.42 bits per heavy atom. The lowest BCUT2D eigenvalue weighted by atomic mass is 10.0. The molecule has 0 fully saturated rings. The topological polar surface area (TPSA) is 56.7 Å². The first kappa shape index (κ1) is 13.7. The van der Waals surface area contributed by atoms with E-state index in [0.717, 1.165) is 29.9 Å². The van der Waals surface area contributed by atoms with E-state index in [4.69, 9.17) is 5.73 Å². The minimum Gasteiger partial charge on any atom is -0.325 e. The molecule has 1 aromatic carbocycles. The third kappa shape index (κ3) is 2.84. The quantitative estimate of drug-likeness (QED) is 0.897. The van der Waals surface area contributed by atoms with Gasteiger partial charge in [-0.15, -0.1) is 5.10 Å². The molecule has 2 aromatic rings. The van der Waals surface area contributed by atoms with Crippen molar-refractivity contribution in [1.29, 1.82) is 0 Å². The van der Waals surface area contributed by atoms with E-state index in [2.05, 4.69) is 55.3 Å². The van der Waals surface area contributed by atoms with Crippen LogP contribution >= 0.6 is 0 Å². The van der Waals surface area contributed by atoms with Gasteiger partial charge < -0.3 is 5.73 Å². The molecule has 0 atom stereocenters. The van der Waals surface area contributed by atoms with E-state index in [-0.39, 0.29) is 0 Å². The molecule has 2 N–H and O–H groups in total. The summed E-state index contributed by atoms with van der Waals surface area (Å²) in [6.45, 7) is 6.98. The maximum absolute atomic E-state index is 5.72. The highest BCUT2D eigenvalue weighted by Gasteiger charge is 2.12. The molecule has 19 heavy (non-hydrogen) atoms. The van der Waals surface area contributed by atoms with Gasteiger partial charge in [-0.25, -0.2) is 4.68 Å². The summed E-state index contributed by atoms with van der Waals surface area (Å²) in [6, 6.07) is 8.51. The number of rotatable bonds is 5. The van der Waals surface area contributed by atoms with Gasteiger partial charge in [0.05, 0.1) is 17.1 Å². The van der Waals surface area contributed by atoms with Crippen LogP contribution in [0.15, 0.2) is 24.3 Å². The van der Waals surface area contributed by atoms with Gasteiger partial charge in [0.25, 0.3) is 0 Å². The second kappa shape index (κ2) is 5.97. The number of nitrogens with zero attached hydrogens (tertiary/aromatic N) is 3. The summed E-state index contributed by atoms with van der Waals surface area (Å²) >= 11 is 0. The van der Waals surface area contributed by atoms with Gasteiger partial charge in [0.2, 0.25) is 0 Å². The highest BCUT2D eigenvalue weighted by atomic mass is 15.4. The van der Waals surface area contributed by atoms with E-state index in [1.165, 1.54) is 5.56 Å². The van der Waals surface area contributed by atoms with Gasteiger partial charge in [0, 0.05) is 6.54 Å². The summed E-state index contributed by atoms with van der Waals surface area (Å²) in [4.78, 5) is 0. The predicted octanol–water partition coefficient (Wildman–Crippen LogP) is 2.80. The van der Waals surface area contributed by atoms with Crippen molar-refractivity contribution in [2.24, 2.45) is 5.73 Å². The van der Waals surface area contributed by atoms with Crippen molar-refractivity contribution in [3.8, 4) is 5.69 Å². The van der Waals surface area contributed by atoms with Gasteiger partial charge in [-0.3, -0.25) is 0 Å². The molecular formula is C15H22N4. The van der Waals surface area contributed by atoms with Crippen LogP contribution < -0.4 is 5.73 Å². The van der Waals surface area contributed by atoms with E-state index in [0.29, 0.717) is 12.5 Å². The first-order valence-corrected chi connectivity index (χ1v) is 6.91. The van der Waals surface area contributed by atoms with Crippen molar-refractivity contribution >= 4 is 0 Å². The Hall–Kier alpha value is -1.68. The molecule has 4 heteroatoms. The lowest BCUT2D eigenvalue weighted by Gasteiger charge is -2.09. The van der Waals surface area contributed by atoms with Crippen molar-refractivity contribution in [1.82, 2.24) is 15.0 Å². The molecule has 102 valence electrons. The maximum atomic E-state index is 5.72. The monoisotopic (exact) mass is 258 g/mol. The van der Waals surface area contributed by atoms with Crippen molar-refractivity contribution in [2.75, 3.05) is 0 Å². The zero-order chi connectivity index (χ0) is 13.8. The number of benzene rings is 1. The van der Waals surface area contributed by atoms with E-state index >= 15 is 0 Å². The highest BCUT2D eigenvalue weighted by molar-refractivity contribution is 5.37. The van der Waals surface area contributed by atoms with Crippen molar-refractivity contribution < 1.29 is 0 Å². The second-order valence-corrected chi connectivity index (χ2v) is 5.09. The SMILES string of the molecule is CCCc1c(CN)nnn1-c1ccc(C(C)C)cc1. The molecule has 0 aliphatic rings. The summed E-state index contributed by atoms with van der Waals surface area (Å²) in [7, 11) is 0. The third-order valence-corrected chi connectivity index (χ3v) is 3.33. The maximum Gasteiger partial charge on any atom is 0.0999 e. The second-order valence-electron chi connectivity index (χ2n) is 5.09. The van der Waals surface area contributed by atoms with Gasteiger partial charge >= 0.3 is 0 Å². The van der Waals surface area contributed by atoms with Crippen LogP contribution in [0.2, 0.25) is 0 Å². The van der Waals surface area contributed by atoms with Crippen LogP contribution in [0.3, 0.4) is 0 Å². The van der Waals surface area contributed by atoms with Crippen LogP contribution in [0.4, 0.5) is 0 Å². The van der Waals surface area contributed by atoms with E-state index in [1.807, 2.05) is 4.68 Å². The molecule has 2 rings (SSSR count). The van der Waals surface area contributed by atoms with Crippen LogP contribution in [0, 0.1) is 0 Å². The van der Waals surface area contributed by atoms with Crippen LogP contribution in [-0.4, -0.2) is 15.0 Å². The van der Waals surface area contributed by atoms with Crippen LogP contribution in [-0.2, 0) is 13.0 Å². The molecule has 1 heterocycles. The zero-order valence-corrected chi connectivity index (χ0v) is 11.9. The lowest BCUT2D eigenvalue weighted by Crippen LogP contribution is -2.06. The zero-order valence-electron chi connectivity index (χ0n) is 11.9. The summed E-state index contributed by atoms with van der Waals surface area (Å²) in [5, 5.41) is 8.41. The minimum atomic E-state index is 0.444. The lowest BCUT2D eigenvalue weighted by molar-refractivity contribution is 0.744. The Morgan fingerprint density at radius 1 is 1.21 bits per heavy atom. The molecule has 0 bridgehead atoms. The van der Waals surface area contributed by atoms with Crippen molar-refractivity contribution in [3.63, 3.8) is 0 Å². The Morgan fingerprint density at radius 2 is 1.89 bits per heavy atom. The average Bonchev–Trinajstić information content (AvgIpc) is 2.82. The summed E-state index contributed by atoms with van der Waals surface area (Å²) < 4.78 is 1.91. The first-order chi connectivity index (χ1) is 9.17. The molecule has 4 nitrogen and oxygen atoms in total. The van der Waals surface area contributed by atoms with Gasteiger partial charge in [0.15, 0.2) is 0 Å². The number of nitrogens with two attached hydrogens (primary N) is 1. The molecular weight excluding hydrogens is 236 g/mol. The van der Waals surface area contributed by atoms with E-state index in [9.17, 15) is 0 Å². The Labute approximate surface area is 114 Å². The van der Waals surface area contributed by atoms with Gasteiger partial charge in [-0.2, -0.15) is 0 Å². The molecule has 0 unspecified atom stereocenters. The van der Waals surface area contributed by atoms with Crippen LogP contribution in [0.1, 0.15) is 50.1 Å². The summed E-state index contributed by atoms with van der Waals surface area (Å²) in [5.74, 6) is 0.541. The van der Waals surface area contributed by atoms with Gasteiger partial charge in [-0.05, 0) is 30.0 Å². The molecule has 0 amide bonds. The van der Waals surface area contributed by atoms with Gasteiger partial charge in [0.1, 0.15) is 0 Å². The van der Waals surface area contributed by atoms with Crippen molar-refractivity contribution in [2.45, 2.75) is 46.1 Å². The first-order valence-electron chi connectivity index (χ1n) is 6.91. The highest BCUT2D eigenvalue weighted by Crippen LogP contribution is 2.19. The van der Waals surface area contributed by atoms with E-state index in [1.54, 1.807) is 0 Å². The Kier molecular flexibility index (Phi) is 4.32. The fourth-order valence-electron chi connectivity index (χ4n) is 2.19. The minimum absolute atomic E-state index is 0.444. The van der Waals surface area contributed by atoms with Crippen LogP contribution in [0.25, 0.3) is 5.69 Å². The Balaban J connectivity index is 2.38. The predicted molar refractivity (Wildman–Crippen MR) is 77.3 cm³/mol. The van der Waals surface area contributed by atoms with Gasteiger partial charge in [-0.1, -0.05) is 44.5 Å². The van der Waals surface area contributed by atoms with Crippen molar-refractivity contribution in [3.05, 3.63) is 41.2 Å². The molecule has 0 aliphatic heterocycles. The fourth-order valence-corrected chi connectivity index (χ4v) is 2.19.